The maximum atomic E-state index is 12.0. The number of carbonyl (C=O) groups is 2. The van der Waals surface area contributed by atoms with Gasteiger partial charge in [-0.15, -0.1) is 0 Å². The number of hydrogen-bond acceptors (Lipinski definition) is 4. The molecule has 0 fully saturated rings. The number of hydrazine groups is 1. The maximum Gasteiger partial charge on any atom is 0.279 e. The Bertz CT molecular complexity index is 772. The van der Waals surface area contributed by atoms with E-state index in [9.17, 15) is 9.59 Å². The summed E-state index contributed by atoms with van der Waals surface area (Å²) in [5.74, 6) is 0.763. The summed E-state index contributed by atoms with van der Waals surface area (Å²) in [6, 6.07) is 15.0. The van der Waals surface area contributed by atoms with E-state index in [1.165, 1.54) is 5.56 Å². The van der Waals surface area contributed by atoms with Crippen LogP contribution in [0.25, 0.3) is 0 Å². The molecule has 2 unspecified atom stereocenters. The molecule has 0 saturated carbocycles. The molecule has 0 spiro atoms. The summed E-state index contributed by atoms with van der Waals surface area (Å²) in [4.78, 5) is 23.9. The maximum absolute atomic E-state index is 12.0. The Balaban J connectivity index is 1.72. The Morgan fingerprint density at radius 2 is 1.54 bits per heavy atom. The van der Waals surface area contributed by atoms with Crippen LogP contribution in [0, 0.1) is 6.92 Å². The summed E-state index contributed by atoms with van der Waals surface area (Å²) in [6.45, 7) is 7.68. The van der Waals surface area contributed by atoms with E-state index in [1.54, 1.807) is 19.1 Å². The van der Waals surface area contributed by atoms with E-state index in [4.69, 9.17) is 9.47 Å². The van der Waals surface area contributed by atoms with Crippen molar-refractivity contribution in [2.45, 2.75) is 46.1 Å². The van der Waals surface area contributed by atoms with Gasteiger partial charge in [-0.25, -0.2) is 0 Å². The van der Waals surface area contributed by atoms with Gasteiger partial charge in [0.2, 0.25) is 0 Å². The molecular formula is C22H28N2O4. The zero-order chi connectivity index (χ0) is 20.5. The van der Waals surface area contributed by atoms with Crippen molar-refractivity contribution in [2.75, 3.05) is 6.61 Å². The van der Waals surface area contributed by atoms with Crippen molar-refractivity contribution in [1.82, 2.24) is 10.9 Å². The molecule has 0 aliphatic heterocycles. The first-order valence-corrected chi connectivity index (χ1v) is 9.43. The fourth-order valence-corrected chi connectivity index (χ4v) is 2.42. The number of ether oxygens (including phenoxy) is 2. The molecule has 28 heavy (non-hydrogen) atoms. The molecule has 0 aromatic heterocycles. The van der Waals surface area contributed by atoms with Crippen molar-refractivity contribution >= 4 is 11.8 Å². The average molecular weight is 384 g/mol. The van der Waals surface area contributed by atoms with E-state index in [2.05, 4.69) is 24.7 Å². The zero-order valence-corrected chi connectivity index (χ0v) is 16.8. The van der Waals surface area contributed by atoms with Gasteiger partial charge in [-0.05, 0) is 56.0 Å². The van der Waals surface area contributed by atoms with Gasteiger partial charge in [0.05, 0.1) is 0 Å². The van der Waals surface area contributed by atoms with Crippen LogP contribution in [-0.2, 0) is 9.59 Å². The predicted molar refractivity (Wildman–Crippen MR) is 108 cm³/mol. The summed E-state index contributed by atoms with van der Waals surface area (Å²) >= 11 is 0. The van der Waals surface area contributed by atoms with Gasteiger partial charge < -0.3 is 9.47 Å². The third-order valence-electron chi connectivity index (χ3n) is 4.46. The van der Waals surface area contributed by atoms with Gasteiger partial charge in [0, 0.05) is 0 Å². The minimum absolute atomic E-state index is 0.198. The number of carbonyl (C=O) groups excluding carboxylic acids is 2. The molecule has 2 rings (SSSR count). The SMILES string of the molecule is CCC(C)c1ccc(OCC(=O)NNC(=O)C(C)Oc2ccc(C)cc2)cc1. The first-order chi connectivity index (χ1) is 13.4. The fraction of sp³-hybridized carbons (Fsp3) is 0.364. The number of aryl methyl sites for hydroxylation is 1. The third kappa shape index (κ3) is 6.61. The second-order valence-corrected chi connectivity index (χ2v) is 6.78. The summed E-state index contributed by atoms with van der Waals surface area (Å²) in [5, 5.41) is 0. The lowest BCUT2D eigenvalue weighted by Crippen LogP contribution is -2.48. The van der Waals surface area contributed by atoms with Crippen LogP contribution in [0.1, 0.15) is 44.2 Å². The van der Waals surface area contributed by atoms with E-state index in [0.29, 0.717) is 17.4 Å². The highest BCUT2D eigenvalue weighted by molar-refractivity contribution is 5.85. The number of nitrogens with one attached hydrogen (secondary N) is 2. The normalized spacial score (nSPS) is 12.6. The van der Waals surface area contributed by atoms with E-state index in [1.807, 2.05) is 43.3 Å². The van der Waals surface area contributed by atoms with Crippen LogP contribution in [0.4, 0.5) is 0 Å². The van der Waals surface area contributed by atoms with Crippen molar-refractivity contribution in [3.05, 3.63) is 59.7 Å². The Labute approximate surface area is 166 Å². The monoisotopic (exact) mass is 384 g/mol. The predicted octanol–water partition coefficient (Wildman–Crippen LogP) is 3.50. The lowest BCUT2D eigenvalue weighted by Gasteiger charge is -2.15. The molecule has 0 bridgehead atoms. The zero-order valence-electron chi connectivity index (χ0n) is 16.8. The van der Waals surface area contributed by atoms with Gasteiger partial charge in [0.15, 0.2) is 12.7 Å². The van der Waals surface area contributed by atoms with Crippen LogP contribution < -0.4 is 20.3 Å². The van der Waals surface area contributed by atoms with Crippen molar-refractivity contribution in [1.29, 1.82) is 0 Å². The van der Waals surface area contributed by atoms with Crippen LogP contribution in [0.3, 0.4) is 0 Å². The van der Waals surface area contributed by atoms with Crippen LogP contribution in [-0.4, -0.2) is 24.5 Å². The second kappa shape index (κ2) is 10.3. The van der Waals surface area contributed by atoms with Crippen LogP contribution >= 0.6 is 0 Å². The lowest BCUT2D eigenvalue weighted by molar-refractivity contribution is -0.133. The topological polar surface area (TPSA) is 76.7 Å². The quantitative estimate of drug-likeness (QED) is 0.683. The number of amides is 2. The molecule has 0 radical (unpaired) electrons. The first-order valence-electron chi connectivity index (χ1n) is 9.43. The molecule has 6 heteroatoms. The van der Waals surface area contributed by atoms with E-state index in [0.717, 1.165) is 12.0 Å². The minimum atomic E-state index is -0.753. The smallest absolute Gasteiger partial charge is 0.279 e. The van der Waals surface area contributed by atoms with Crippen molar-refractivity contribution in [3.63, 3.8) is 0 Å². The van der Waals surface area contributed by atoms with E-state index < -0.39 is 17.9 Å². The molecular weight excluding hydrogens is 356 g/mol. The molecule has 2 aromatic carbocycles. The molecule has 0 heterocycles. The molecule has 0 saturated heterocycles. The molecule has 2 atom stereocenters. The molecule has 6 nitrogen and oxygen atoms in total. The standard InChI is InChI=1S/C22H28N2O4/c1-5-16(3)18-8-12-19(13-9-18)27-14-21(25)23-24-22(26)17(4)28-20-10-6-15(2)7-11-20/h6-13,16-17H,5,14H2,1-4H3,(H,23,25)(H,24,26). The summed E-state index contributed by atoms with van der Waals surface area (Å²) in [7, 11) is 0. The van der Waals surface area contributed by atoms with E-state index >= 15 is 0 Å². The van der Waals surface area contributed by atoms with Gasteiger partial charge >= 0.3 is 0 Å². The average Bonchev–Trinajstić information content (AvgIpc) is 2.71. The highest BCUT2D eigenvalue weighted by Crippen LogP contribution is 2.21. The molecule has 0 aliphatic carbocycles. The van der Waals surface area contributed by atoms with Gasteiger partial charge in [0.25, 0.3) is 11.8 Å². The highest BCUT2D eigenvalue weighted by Gasteiger charge is 2.15. The second-order valence-electron chi connectivity index (χ2n) is 6.78. The molecule has 2 aromatic rings. The fourth-order valence-electron chi connectivity index (χ4n) is 2.42. The minimum Gasteiger partial charge on any atom is -0.484 e. The Kier molecular flexibility index (Phi) is 7.87. The summed E-state index contributed by atoms with van der Waals surface area (Å²) in [6.07, 6.45) is 0.311. The summed E-state index contributed by atoms with van der Waals surface area (Å²) < 4.78 is 11.0. The van der Waals surface area contributed by atoms with Gasteiger partial charge in [-0.2, -0.15) is 0 Å². The highest BCUT2D eigenvalue weighted by atomic mass is 16.5. The molecule has 0 aliphatic rings. The van der Waals surface area contributed by atoms with Crippen LogP contribution in [0.15, 0.2) is 48.5 Å². The first kappa shape index (κ1) is 21.3. The Hall–Kier alpha value is -3.02. The third-order valence-corrected chi connectivity index (χ3v) is 4.46. The van der Waals surface area contributed by atoms with Crippen molar-refractivity contribution in [2.24, 2.45) is 0 Å². The van der Waals surface area contributed by atoms with Gasteiger partial charge in [-0.1, -0.05) is 43.7 Å². The van der Waals surface area contributed by atoms with E-state index in [-0.39, 0.29) is 6.61 Å². The number of hydrogen-bond donors (Lipinski definition) is 2. The lowest BCUT2D eigenvalue weighted by atomic mass is 9.99. The number of rotatable bonds is 8. The molecule has 2 amide bonds. The van der Waals surface area contributed by atoms with Crippen LogP contribution in [0.5, 0.6) is 11.5 Å². The summed E-state index contributed by atoms with van der Waals surface area (Å²) in [5.41, 5.74) is 7.00. The van der Waals surface area contributed by atoms with Crippen LogP contribution in [0.2, 0.25) is 0 Å². The molecule has 2 N–H and O–H groups in total. The largest absolute Gasteiger partial charge is 0.484 e. The van der Waals surface area contributed by atoms with Gasteiger partial charge in [0.1, 0.15) is 11.5 Å². The Morgan fingerprint density at radius 3 is 2.14 bits per heavy atom. The number of benzene rings is 2. The molecule has 150 valence electrons. The van der Waals surface area contributed by atoms with Crippen molar-refractivity contribution < 1.29 is 19.1 Å². The van der Waals surface area contributed by atoms with Crippen molar-refractivity contribution in [3.8, 4) is 11.5 Å². The Morgan fingerprint density at radius 1 is 0.929 bits per heavy atom. The van der Waals surface area contributed by atoms with Gasteiger partial charge in [-0.3, -0.25) is 20.4 Å².